The molecule has 0 saturated carbocycles. The SMILES string of the molecule is C=N[C@H]1C=C[C@@H](C(=O)OC)C1. The van der Waals surface area contributed by atoms with Gasteiger partial charge in [-0.15, -0.1) is 0 Å². The molecular formula is C8H11NO2. The zero-order valence-corrected chi connectivity index (χ0v) is 6.49. The molecule has 1 aliphatic carbocycles. The Kier molecular flexibility index (Phi) is 2.41. The minimum absolute atomic E-state index is 0.0964. The van der Waals surface area contributed by atoms with Crippen molar-refractivity contribution in [3.63, 3.8) is 0 Å². The Labute approximate surface area is 65.8 Å². The molecule has 1 aliphatic rings. The summed E-state index contributed by atoms with van der Waals surface area (Å²) >= 11 is 0. The maximum Gasteiger partial charge on any atom is 0.312 e. The minimum atomic E-state index is -0.188. The Hall–Kier alpha value is -1.12. The molecular weight excluding hydrogens is 142 g/mol. The summed E-state index contributed by atoms with van der Waals surface area (Å²) in [6, 6.07) is 0.0964. The molecule has 0 fully saturated rings. The lowest BCUT2D eigenvalue weighted by Crippen LogP contribution is -2.13. The van der Waals surface area contributed by atoms with Crippen molar-refractivity contribution in [2.75, 3.05) is 7.11 Å². The van der Waals surface area contributed by atoms with E-state index in [-0.39, 0.29) is 17.9 Å². The first-order valence-corrected chi connectivity index (χ1v) is 3.50. The molecule has 0 radical (unpaired) electrons. The summed E-state index contributed by atoms with van der Waals surface area (Å²) in [6.45, 7) is 3.41. The molecule has 0 bridgehead atoms. The van der Waals surface area contributed by atoms with Crippen molar-refractivity contribution >= 4 is 12.7 Å². The number of esters is 1. The van der Waals surface area contributed by atoms with Crippen LogP contribution in [0.15, 0.2) is 17.1 Å². The van der Waals surface area contributed by atoms with Crippen molar-refractivity contribution < 1.29 is 9.53 Å². The van der Waals surface area contributed by atoms with Crippen molar-refractivity contribution in [2.24, 2.45) is 10.9 Å². The number of hydrogen-bond acceptors (Lipinski definition) is 3. The van der Waals surface area contributed by atoms with Gasteiger partial charge in [0, 0.05) is 0 Å². The molecule has 0 heterocycles. The molecule has 0 unspecified atom stereocenters. The molecule has 60 valence electrons. The Morgan fingerprint density at radius 3 is 2.91 bits per heavy atom. The lowest BCUT2D eigenvalue weighted by Gasteiger charge is -2.05. The molecule has 0 aromatic heterocycles. The fourth-order valence-electron chi connectivity index (χ4n) is 1.14. The van der Waals surface area contributed by atoms with Crippen LogP contribution in [0.5, 0.6) is 0 Å². The second-order valence-electron chi connectivity index (χ2n) is 2.50. The fourth-order valence-corrected chi connectivity index (χ4v) is 1.14. The Morgan fingerprint density at radius 2 is 2.45 bits per heavy atom. The van der Waals surface area contributed by atoms with E-state index in [0.717, 1.165) is 0 Å². The maximum absolute atomic E-state index is 10.9. The third-order valence-electron chi connectivity index (χ3n) is 1.80. The number of carbonyl (C=O) groups excluding carboxylic acids is 1. The van der Waals surface area contributed by atoms with E-state index in [1.807, 2.05) is 12.2 Å². The highest BCUT2D eigenvalue weighted by molar-refractivity contribution is 5.75. The third kappa shape index (κ3) is 1.67. The van der Waals surface area contributed by atoms with E-state index in [1.54, 1.807) is 0 Å². The molecule has 2 atom stereocenters. The molecule has 0 amide bonds. The van der Waals surface area contributed by atoms with E-state index in [1.165, 1.54) is 7.11 Å². The third-order valence-corrected chi connectivity index (χ3v) is 1.80. The summed E-state index contributed by atoms with van der Waals surface area (Å²) in [5.74, 6) is -0.303. The van der Waals surface area contributed by atoms with Gasteiger partial charge in [0.05, 0.1) is 19.1 Å². The number of hydrogen-bond donors (Lipinski definition) is 0. The topological polar surface area (TPSA) is 38.7 Å². The van der Waals surface area contributed by atoms with Crippen molar-refractivity contribution in [2.45, 2.75) is 12.5 Å². The number of methoxy groups -OCH3 is 1. The first-order valence-electron chi connectivity index (χ1n) is 3.50. The van der Waals surface area contributed by atoms with Crippen LogP contribution in [-0.2, 0) is 9.53 Å². The van der Waals surface area contributed by atoms with Gasteiger partial charge >= 0.3 is 5.97 Å². The molecule has 3 heteroatoms. The molecule has 3 nitrogen and oxygen atoms in total. The van der Waals surface area contributed by atoms with Crippen LogP contribution in [-0.4, -0.2) is 25.8 Å². The average molecular weight is 153 g/mol. The van der Waals surface area contributed by atoms with Crippen LogP contribution in [0.1, 0.15) is 6.42 Å². The van der Waals surface area contributed by atoms with Crippen LogP contribution < -0.4 is 0 Å². The summed E-state index contributed by atoms with van der Waals surface area (Å²) in [5.41, 5.74) is 0. The van der Waals surface area contributed by atoms with Gasteiger partial charge in [0.25, 0.3) is 0 Å². The quantitative estimate of drug-likeness (QED) is 0.334. The fraction of sp³-hybridized carbons (Fsp3) is 0.500. The van der Waals surface area contributed by atoms with Gasteiger partial charge in [-0.3, -0.25) is 9.79 Å². The van der Waals surface area contributed by atoms with Crippen molar-refractivity contribution in [3.05, 3.63) is 12.2 Å². The van der Waals surface area contributed by atoms with E-state index in [2.05, 4.69) is 16.4 Å². The van der Waals surface area contributed by atoms with Crippen LogP contribution in [0.3, 0.4) is 0 Å². The first kappa shape index (κ1) is 7.98. The van der Waals surface area contributed by atoms with Crippen LogP contribution in [0.25, 0.3) is 0 Å². The van der Waals surface area contributed by atoms with Crippen LogP contribution in [0.4, 0.5) is 0 Å². The van der Waals surface area contributed by atoms with E-state index in [4.69, 9.17) is 0 Å². The lowest BCUT2D eigenvalue weighted by atomic mass is 10.1. The largest absolute Gasteiger partial charge is 0.469 e. The highest BCUT2D eigenvalue weighted by Gasteiger charge is 2.24. The summed E-state index contributed by atoms with van der Waals surface area (Å²) in [6.07, 6.45) is 4.41. The Balaban J connectivity index is 2.49. The molecule has 0 aromatic rings. The number of ether oxygens (including phenoxy) is 1. The molecule has 0 spiro atoms. The number of nitrogens with zero attached hydrogens (tertiary/aromatic N) is 1. The smallest absolute Gasteiger partial charge is 0.312 e. The van der Waals surface area contributed by atoms with Crippen LogP contribution >= 0.6 is 0 Å². The van der Waals surface area contributed by atoms with Crippen LogP contribution in [0.2, 0.25) is 0 Å². The molecule has 1 rings (SSSR count). The van der Waals surface area contributed by atoms with Gasteiger partial charge in [0.2, 0.25) is 0 Å². The summed E-state index contributed by atoms with van der Waals surface area (Å²) in [7, 11) is 1.39. The van der Waals surface area contributed by atoms with Crippen LogP contribution in [0, 0.1) is 5.92 Å². The van der Waals surface area contributed by atoms with Gasteiger partial charge in [0.1, 0.15) is 0 Å². The normalized spacial score (nSPS) is 28.5. The monoisotopic (exact) mass is 153 g/mol. The minimum Gasteiger partial charge on any atom is -0.469 e. The molecule has 0 N–H and O–H groups in total. The highest BCUT2D eigenvalue weighted by atomic mass is 16.5. The Morgan fingerprint density at radius 1 is 1.73 bits per heavy atom. The van der Waals surface area contributed by atoms with Crippen molar-refractivity contribution in [3.8, 4) is 0 Å². The second-order valence-corrected chi connectivity index (χ2v) is 2.50. The van der Waals surface area contributed by atoms with E-state index in [0.29, 0.717) is 6.42 Å². The number of rotatable bonds is 2. The molecule has 0 aromatic carbocycles. The van der Waals surface area contributed by atoms with Gasteiger partial charge in [-0.05, 0) is 13.1 Å². The van der Waals surface area contributed by atoms with Crippen molar-refractivity contribution in [1.82, 2.24) is 0 Å². The highest BCUT2D eigenvalue weighted by Crippen LogP contribution is 2.20. The number of carbonyl (C=O) groups is 1. The summed E-state index contributed by atoms with van der Waals surface area (Å²) in [4.78, 5) is 14.7. The summed E-state index contributed by atoms with van der Waals surface area (Å²) < 4.78 is 4.57. The van der Waals surface area contributed by atoms with E-state index < -0.39 is 0 Å². The lowest BCUT2D eigenvalue weighted by molar-refractivity contribution is -0.143. The second kappa shape index (κ2) is 3.32. The standard InChI is InChI=1S/C8H11NO2/c1-9-7-4-3-6(5-7)8(10)11-2/h3-4,6-7H,1,5H2,2H3/t6-,7+/m1/s1. The predicted octanol–water partition coefficient (Wildman–Crippen LogP) is 0.805. The van der Waals surface area contributed by atoms with Gasteiger partial charge in [0.15, 0.2) is 0 Å². The zero-order valence-electron chi connectivity index (χ0n) is 6.49. The molecule has 0 aliphatic heterocycles. The van der Waals surface area contributed by atoms with Gasteiger partial charge in [-0.1, -0.05) is 12.2 Å². The van der Waals surface area contributed by atoms with Gasteiger partial charge < -0.3 is 4.74 Å². The zero-order chi connectivity index (χ0) is 8.27. The van der Waals surface area contributed by atoms with E-state index >= 15 is 0 Å². The molecule has 0 saturated heterocycles. The predicted molar refractivity (Wildman–Crippen MR) is 42.6 cm³/mol. The number of aliphatic imine (C=N–C) groups is 1. The first-order chi connectivity index (χ1) is 5.27. The van der Waals surface area contributed by atoms with Gasteiger partial charge in [-0.2, -0.15) is 0 Å². The summed E-state index contributed by atoms with van der Waals surface area (Å²) in [5, 5.41) is 0. The van der Waals surface area contributed by atoms with Crippen molar-refractivity contribution in [1.29, 1.82) is 0 Å². The van der Waals surface area contributed by atoms with Gasteiger partial charge in [-0.25, -0.2) is 0 Å². The molecule has 11 heavy (non-hydrogen) atoms. The average Bonchev–Trinajstić information content (AvgIpc) is 2.50. The Bertz CT molecular complexity index is 198. The maximum atomic E-state index is 10.9. The van der Waals surface area contributed by atoms with E-state index in [9.17, 15) is 4.79 Å².